The molecule has 2 heterocycles. The Morgan fingerprint density at radius 2 is 2.00 bits per heavy atom. The van der Waals surface area contributed by atoms with Crippen molar-refractivity contribution in [2.75, 3.05) is 27.2 Å². The van der Waals surface area contributed by atoms with E-state index in [1.54, 1.807) is 6.07 Å². The second kappa shape index (κ2) is 9.37. The van der Waals surface area contributed by atoms with Crippen molar-refractivity contribution < 1.29 is 23.1 Å². The summed E-state index contributed by atoms with van der Waals surface area (Å²) in [6, 6.07) is 3.07. The number of fused-ring (bicyclic) bond motifs is 3. The van der Waals surface area contributed by atoms with Crippen molar-refractivity contribution in [1.82, 2.24) is 4.90 Å². The van der Waals surface area contributed by atoms with Crippen LogP contribution in [0.2, 0.25) is 0 Å². The average molecular weight is 436 g/mol. The first kappa shape index (κ1) is 19.9. The Balaban J connectivity index is 1.92. The molecule has 31 heavy (non-hydrogen) atoms. The molecule has 0 radical (unpaired) electrons. The van der Waals surface area contributed by atoms with E-state index in [1.165, 1.54) is 7.11 Å². The van der Waals surface area contributed by atoms with Crippen LogP contribution in [0.3, 0.4) is 0 Å². The maximum absolute atomic E-state index is 12.8. The fraction of sp³-hybridized carbons (Fsp3) is 0.720. The Morgan fingerprint density at radius 3 is 2.61 bits per heavy atom. The Hall–Kier alpha value is -1.79. The van der Waals surface area contributed by atoms with E-state index in [9.17, 15) is 4.79 Å². The minimum absolute atomic E-state index is 0.00460. The number of methoxy groups -OCH3 is 2. The zero-order valence-electron chi connectivity index (χ0n) is 22.7. The zero-order chi connectivity index (χ0) is 25.4. The Bertz CT molecular complexity index is 882. The third-order valence-electron chi connectivity index (χ3n) is 6.59. The molecule has 0 saturated carbocycles. The summed E-state index contributed by atoms with van der Waals surface area (Å²) in [6.45, 7) is 12.1. The third-order valence-corrected chi connectivity index (χ3v) is 6.59. The molecule has 2 aliphatic heterocycles. The van der Waals surface area contributed by atoms with E-state index < -0.39 is 13.1 Å². The predicted molar refractivity (Wildman–Crippen MR) is 122 cm³/mol. The van der Waals surface area contributed by atoms with Crippen LogP contribution in [0.15, 0.2) is 12.1 Å². The summed E-state index contributed by atoms with van der Waals surface area (Å²) >= 11 is 0. The van der Waals surface area contributed by atoms with Gasteiger partial charge >= 0.3 is 5.97 Å². The molecule has 0 amide bonds. The molecule has 6 nitrogen and oxygen atoms in total. The first-order valence-electron chi connectivity index (χ1n) is 12.8. The quantitative estimate of drug-likeness (QED) is 0.682. The summed E-state index contributed by atoms with van der Waals surface area (Å²) in [6.07, 6.45) is 2.14. The van der Waals surface area contributed by atoms with Crippen LogP contribution in [0.5, 0.6) is 11.5 Å². The number of carbonyl (C=O) groups excluding carboxylic acids is 1. The van der Waals surface area contributed by atoms with Gasteiger partial charge in [-0.3, -0.25) is 9.69 Å². The molecule has 1 saturated heterocycles. The van der Waals surface area contributed by atoms with Gasteiger partial charge in [0.25, 0.3) is 0 Å². The van der Waals surface area contributed by atoms with Crippen molar-refractivity contribution in [1.29, 1.82) is 0 Å². The fourth-order valence-corrected chi connectivity index (χ4v) is 4.95. The van der Waals surface area contributed by atoms with E-state index >= 15 is 0 Å². The van der Waals surface area contributed by atoms with Crippen LogP contribution in [0.4, 0.5) is 0 Å². The highest BCUT2D eigenvalue weighted by atomic mass is 16.5. The van der Waals surface area contributed by atoms with Gasteiger partial charge in [-0.1, -0.05) is 34.6 Å². The van der Waals surface area contributed by atoms with Crippen LogP contribution < -0.4 is 15.2 Å². The molecular weight excluding hydrogens is 392 g/mol. The van der Waals surface area contributed by atoms with Gasteiger partial charge in [-0.25, -0.2) is 0 Å². The van der Waals surface area contributed by atoms with E-state index in [1.807, 2.05) is 19.9 Å². The SMILES string of the molecule is [2H]C([2H])([2H])Oc1cc2c(cc1OC)[C@H]1C[C@H](OC(=O)[C@@H](N)C(C)C)[C@H](CC(C)(C)C)CN1CC2. The fourth-order valence-electron chi connectivity index (χ4n) is 4.95. The van der Waals surface area contributed by atoms with Crippen LogP contribution in [0, 0.1) is 17.3 Å². The summed E-state index contributed by atoms with van der Waals surface area (Å²) < 4.78 is 39.1. The van der Waals surface area contributed by atoms with Gasteiger partial charge in [-0.15, -0.1) is 0 Å². The van der Waals surface area contributed by atoms with E-state index in [0.29, 0.717) is 12.2 Å². The van der Waals surface area contributed by atoms with E-state index in [2.05, 4.69) is 25.7 Å². The molecule has 1 aromatic carbocycles. The van der Waals surface area contributed by atoms with Crippen molar-refractivity contribution in [2.45, 2.75) is 72.1 Å². The largest absolute Gasteiger partial charge is 0.493 e. The standard InChI is InChI=1S/C25H40N2O4/c1-15(2)23(26)24(28)31-20-12-19-18-11-22(30-7)21(29-6)10-16(18)8-9-27(19)14-17(20)13-25(3,4)5/h10-11,15,17,19-20,23H,8-9,12-14,26H2,1-7H3/t17-,19-,20+,23+/m1/s1/i6D3. The number of rotatable bonds is 6. The number of esters is 1. The van der Waals surface area contributed by atoms with Crippen LogP contribution >= 0.6 is 0 Å². The van der Waals surface area contributed by atoms with E-state index in [-0.39, 0.29) is 41.1 Å². The minimum atomic E-state index is -2.55. The summed E-state index contributed by atoms with van der Waals surface area (Å²) in [7, 11) is -1.05. The van der Waals surface area contributed by atoms with Crippen molar-refractivity contribution in [3.63, 3.8) is 0 Å². The van der Waals surface area contributed by atoms with Crippen LogP contribution in [-0.2, 0) is 16.0 Å². The maximum Gasteiger partial charge on any atom is 0.323 e. The van der Waals surface area contributed by atoms with Crippen LogP contribution in [0.1, 0.15) is 68.7 Å². The number of ether oxygens (including phenoxy) is 3. The molecule has 1 fully saturated rings. The molecule has 0 unspecified atom stereocenters. The van der Waals surface area contributed by atoms with Gasteiger partial charge in [0.15, 0.2) is 11.5 Å². The third kappa shape index (κ3) is 5.35. The van der Waals surface area contributed by atoms with Gasteiger partial charge in [-0.2, -0.15) is 0 Å². The normalized spacial score (nSPS) is 26.7. The number of nitrogens with two attached hydrogens (primary N) is 1. The number of nitrogens with zero attached hydrogens (tertiary/aromatic N) is 1. The second-order valence-electron chi connectivity index (χ2n) is 10.6. The lowest BCUT2D eigenvalue weighted by molar-refractivity contribution is -0.160. The lowest BCUT2D eigenvalue weighted by atomic mass is 9.75. The highest BCUT2D eigenvalue weighted by molar-refractivity contribution is 5.76. The van der Waals surface area contributed by atoms with Crippen molar-refractivity contribution in [3.05, 3.63) is 23.3 Å². The van der Waals surface area contributed by atoms with Gasteiger partial charge in [0, 0.05) is 31.5 Å². The van der Waals surface area contributed by atoms with Gasteiger partial charge in [0.1, 0.15) is 12.1 Å². The van der Waals surface area contributed by atoms with Crippen molar-refractivity contribution >= 4 is 5.97 Å². The highest BCUT2D eigenvalue weighted by Gasteiger charge is 2.42. The molecule has 2 aliphatic rings. The number of benzene rings is 1. The molecule has 4 atom stereocenters. The summed E-state index contributed by atoms with van der Waals surface area (Å²) in [4.78, 5) is 15.3. The molecule has 0 bridgehead atoms. The summed E-state index contributed by atoms with van der Waals surface area (Å²) in [5.41, 5.74) is 8.31. The molecular formula is C25H40N2O4. The molecule has 2 N–H and O–H groups in total. The lowest BCUT2D eigenvalue weighted by Gasteiger charge is -2.48. The van der Waals surface area contributed by atoms with Crippen LogP contribution in [0.25, 0.3) is 0 Å². The number of hydrogen-bond donors (Lipinski definition) is 1. The van der Waals surface area contributed by atoms with Crippen molar-refractivity contribution in [2.24, 2.45) is 23.0 Å². The molecule has 0 spiro atoms. The highest BCUT2D eigenvalue weighted by Crippen LogP contribution is 2.45. The summed E-state index contributed by atoms with van der Waals surface area (Å²) in [5, 5.41) is 0. The maximum atomic E-state index is 12.8. The first-order valence-corrected chi connectivity index (χ1v) is 11.3. The predicted octanol–water partition coefficient (Wildman–Crippen LogP) is 3.95. The molecule has 6 heteroatoms. The van der Waals surface area contributed by atoms with Crippen LogP contribution in [-0.4, -0.2) is 50.3 Å². The van der Waals surface area contributed by atoms with Gasteiger partial charge in [0.2, 0.25) is 0 Å². The van der Waals surface area contributed by atoms with E-state index in [4.69, 9.17) is 24.1 Å². The van der Waals surface area contributed by atoms with Gasteiger partial charge in [0.05, 0.1) is 18.3 Å². The molecule has 3 rings (SSSR count). The number of hydrogen-bond acceptors (Lipinski definition) is 6. The smallest absolute Gasteiger partial charge is 0.323 e. The molecule has 1 aromatic rings. The van der Waals surface area contributed by atoms with Gasteiger partial charge in [-0.05, 0) is 47.4 Å². The Kier molecular flexibility index (Phi) is 6.00. The Labute approximate surface area is 191 Å². The monoisotopic (exact) mass is 435 g/mol. The molecule has 0 aromatic heterocycles. The number of carbonyl (C=O) groups is 1. The lowest BCUT2D eigenvalue weighted by Crippen LogP contribution is -2.51. The topological polar surface area (TPSA) is 74.0 Å². The summed E-state index contributed by atoms with van der Waals surface area (Å²) in [5.74, 6) is 0.486. The first-order chi connectivity index (χ1) is 15.7. The van der Waals surface area contributed by atoms with Crippen molar-refractivity contribution in [3.8, 4) is 11.5 Å². The Morgan fingerprint density at radius 1 is 1.29 bits per heavy atom. The second-order valence-corrected chi connectivity index (χ2v) is 10.6. The number of piperidine rings is 1. The minimum Gasteiger partial charge on any atom is -0.493 e. The zero-order valence-corrected chi connectivity index (χ0v) is 19.7. The van der Waals surface area contributed by atoms with E-state index in [0.717, 1.165) is 37.1 Å². The average Bonchev–Trinajstić information content (AvgIpc) is 2.70. The molecule has 0 aliphatic carbocycles. The van der Waals surface area contributed by atoms with Gasteiger partial charge < -0.3 is 19.9 Å². The molecule has 174 valence electrons.